The van der Waals surface area contributed by atoms with E-state index in [1.807, 2.05) is 0 Å². The van der Waals surface area contributed by atoms with E-state index in [1.54, 1.807) is 4.90 Å². The monoisotopic (exact) mass is 331 g/mol. The summed E-state index contributed by atoms with van der Waals surface area (Å²) < 4.78 is 26.6. The van der Waals surface area contributed by atoms with Crippen molar-refractivity contribution in [3.63, 3.8) is 0 Å². The number of nitrogens with two attached hydrogens (primary N) is 1. The van der Waals surface area contributed by atoms with Crippen LogP contribution in [-0.4, -0.2) is 38.9 Å². The number of amides is 1. The molecule has 1 aromatic rings. The normalized spacial score (nSPS) is 15.4. The van der Waals surface area contributed by atoms with Crippen molar-refractivity contribution in [3.8, 4) is 0 Å². The van der Waals surface area contributed by atoms with Crippen LogP contribution in [0.2, 0.25) is 5.02 Å². The number of carbonyl (C=O) groups excluding carboxylic acids is 1. The van der Waals surface area contributed by atoms with Gasteiger partial charge >= 0.3 is 0 Å². The molecule has 0 radical (unpaired) electrons. The minimum atomic E-state index is -3.77. The van der Waals surface area contributed by atoms with Gasteiger partial charge in [-0.3, -0.25) is 4.79 Å². The van der Waals surface area contributed by atoms with E-state index in [-0.39, 0.29) is 28.8 Å². The predicted molar refractivity (Wildman–Crippen MR) is 81.5 cm³/mol. The number of halogens is 1. The molecule has 116 valence electrons. The molecule has 1 amide bonds. The fourth-order valence-electron chi connectivity index (χ4n) is 2.22. The standard InChI is InChI=1S/C13H18ClN3O3S/c14-11-4-3-10(15)9-12(11)21(19,20)16-6-5-13(18)17-7-1-2-8-17/h3-4,9,16H,1-2,5-8,15H2. The van der Waals surface area contributed by atoms with Crippen molar-refractivity contribution in [2.45, 2.75) is 24.2 Å². The van der Waals surface area contributed by atoms with E-state index in [1.165, 1.54) is 18.2 Å². The second kappa shape index (κ2) is 6.64. The Morgan fingerprint density at radius 1 is 1.33 bits per heavy atom. The maximum Gasteiger partial charge on any atom is 0.242 e. The summed E-state index contributed by atoms with van der Waals surface area (Å²) in [5, 5.41) is 0.0996. The van der Waals surface area contributed by atoms with Crippen molar-refractivity contribution < 1.29 is 13.2 Å². The molecule has 8 heteroatoms. The van der Waals surface area contributed by atoms with Crippen LogP contribution in [0.15, 0.2) is 23.1 Å². The average Bonchev–Trinajstić information content (AvgIpc) is 2.95. The fourth-order valence-corrected chi connectivity index (χ4v) is 3.79. The molecule has 0 aliphatic carbocycles. The van der Waals surface area contributed by atoms with Gasteiger partial charge in [0.25, 0.3) is 0 Å². The zero-order chi connectivity index (χ0) is 15.5. The number of anilines is 1. The van der Waals surface area contributed by atoms with E-state index in [9.17, 15) is 13.2 Å². The topological polar surface area (TPSA) is 92.5 Å². The van der Waals surface area contributed by atoms with E-state index in [0.717, 1.165) is 25.9 Å². The molecule has 0 spiro atoms. The van der Waals surface area contributed by atoms with Gasteiger partial charge in [-0.25, -0.2) is 13.1 Å². The Kier molecular flexibility index (Phi) is 5.08. The number of nitrogens with one attached hydrogen (secondary N) is 1. The lowest BCUT2D eigenvalue weighted by Crippen LogP contribution is -2.32. The van der Waals surface area contributed by atoms with E-state index >= 15 is 0 Å². The molecule has 0 unspecified atom stereocenters. The summed E-state index contributed by atoms with van der Waals surface area (Å²) >= 11 is 5.88. The van der Waals surface area contributed by atoms with Gasteiger partial charge in [0.15, 0.2) is 0 Å². The molecule has 1 fully saturated rings. The third-order valence-electron chi connectivity index (χ3n) is 3.33. The molecular formula is C13H18ClN3O3S. The van der Waals surface area contributed by atoms with Crippen LogP contribution in [0.5, 0.6) is 0 Å². The van der Waals surface area contributed by atoms with Crippen LogP contribution in [0.25, 0.3) is 0 Å². The molecule has 1 aliphatic heterocycles. The highest BCUT2D eigenvalue weighted by atomic mass is 35.5. The third kappa shape index (κ3) is 4.09. The number of benzene rings is 1. The summed E-state index contributed by atoms with van der Waals surface area (Å²) in [5.41, 5.74) is 5.89. The highest BCUT2D eigenvalue weighted by Gasteiger charge is 2.20. The van der Waals surface area contributed by atoms with Gasteiger partial charge in [-0.15, -0.1) is 0 Å². The number of hydrogen-bond acceptors (Lipinski definition) is 4. The van der Waals surface area contributed by atoms with Gasteiger partial charge in [-0.2, -0.15) is 0 Å². The van der Waals surface area contributed by atoms with E-state index in [0.29, 0.717) is 5.69 Å². The molecule has 1 saturated heterocycles. The van der Waals surface area contributed by atoms with E-state index in [2.05, 4.69) is 4.72 Å². The van der Waals surface area contributed by atoms with Crippen LogP contribution >= 0.6 is 11.6 Å². The number of rotatable bonds is 5. The summed E-state index contributed by atoms with van der Waals surface area (Å²) in [6.07, 6.45) is 2.16. The zero-order valence-electron chi connectivity index (χ0n) is 11.5. The molecule has 0 atom stereocenters. The van der Waals surface area contributed by atoms with Crippen LogP contribution in [-0.2, 0) is 14.8 Å². The highest BCUT2D eigenvalue weighted by molar-refractivity contribution is 7.89. The number of nitrogen functional groups attached to an aromatic ring is 1. The summed E-state index contributed by atoms with van der Waals surface area (Å²) in [6.45, 7) is 1.56. The Hall–Kier alpha value is -1.31. The smallest absolute Gasteiger partial charge is 0.242 e. The Labute approximate surface area is 129 Å². The molecule has 0 aromatic heterocycles. The molecule has 1 heterocycles. The Balaban J connectivity index is 1.95. The Morgan fingerprint density at radius 3 is 2.67 bits per heavy atom. The minimum Gasteiger partial charge on any atom is -0.399 e. The SMILES string of the molecule is Nc1ccc(Cl)c(S(=O)(=O)NCCC(=O)N2CCCC2)c1. The van der Waals surface area contributed by atoms with Gasteiger partial charge in [0.05, 0.1) is 5.02 Å². The predicted octanol–water partition coefficient (Wildman–Crippen LogP) is 1.21. The molecule has 3 N–H and O–H groups in total. The molecular weight excluding hydrogens is 314 g/mol. The summed E-state index contributed by atoms with van der Waals surface area (Å²) in [7, 11) is -3.77. The first-order valence-electron chi connectivity index (χ1n) is 6.72. The van der Waals surface area contributed by atoms with Gasteiger partial charge in [-0.1, -0.05) is 11.6 Å². The van der Waals surface area contributed by atoms with Crippen LogP contribution < -0.4 is 10.5 Å². The first-order chi connectivity index (χ1) is 9.90. The zero-order valence-corrected chi connectivity index (χ0v) is 13.1. The van der Waals surface area contributed by atoms with Crippen molar-refractivity contribution in [3.05, 3.63) is 23.2 Å². The lowest BCUT2D eigenvalue weighted by molar-refractivity contribution is -0.129. The van der Waals surface area contributed by atoms with Crippen LogP contribution in [0.1, 0.15) is 19.3 Å². The van der Waals surface area contributed by atoms with Crippen molar-refractivity contribution in [1.29, 1.82) is 0 Å². The number of sulfonamides is 1. The second-order valence-electron chi connectivity index (χ2n) is 4.93. The lowest BCUT2D eigenvalue weighted by atomic mass is 10.3. The summed E-state index contributed by atoms with van der Waals surface area (Å²) in [6, 6.07) is 4.26. The number of likely N-dealkylation sites (tertiary alicyclic amines) is 1. The van der Waals surface area contributed by atoms with Crippen LogP contribution in [0.3, 0.4) is 0 Å². The van der Waals surface area contributed by atoms with E-state index in [4.69, 9.17) is 17.3 Å². The van der Waals surface area contributed by atoms with Crippen molar-refractivity contribution in [2.24, 2.45) is 0 Å². The highest BCUT2D eigenvalue weighted by Crippen LogP contribution is 2.23. The minimum absolute atomic E-state index is 0.0335. The molecule has 0 bridgehead atoms. The molecule has 1 aromatic carbocycles. The van der Waals surface area contributed by atoms with Crippen molar-refractivity contribution in [1.82, 2.24) is 9.62 Å². The quantitative estimate of drug-likeness (QED) is 0.793. The second-order valence-corrected chi connectivity index (χ2v) is 7.07. The number of carbonyl (C=O) groups is 1. The van der Waals surface area contributed by atoms with Crippen LogP contribution in [0.4, 0.5) is 5.69 Å². The molecule has 21 heavy (non-hydrogen) atoms. The average molecular weight is 332 g/mol. The molecule has 6 nitrogen and oxygen atoms in total. The Bertz CT molecular complexity index is 628. The van der Waals surface area contributed by atoms with Gasteiger partial charge < -0.3 is 10.6 Å². The molecule has 0 saturated carbocycles. The molecule has 1 aliphatic rings. The van der Waals surface area contributed by atoms with Gasteiger partial charge in [0, 0.05) is 31.7 Å². The van der Waals surface area contributed by atoms with E-state index < -0.39 is 10.0 Å². The van der Waals surface area contributed by atoms with Crippen molar-refractivity contribution >= 4 is 33.2 Å². The van der Waals surface area contributed by atoms with Crippen LogP contribution in [0, 0.1) is 0 Å². The fraction of sp³-hybridized carbons (Fsp3) is 0.462. The van der Waals surface area contributed by atoms with Gasteiger partial charge in [0.2, 0.25) is 15.9 Å². The van der Waals surface area contributed by atoms with Crippen molar-refractivity contribution in [2.75, 3.05) is 25.4 Å². The largest absolute Gasteiger partial charge is 0.399 e. The molecule has 2 rings (SSSR count). The summed E-state index contributed by atoms with van der Waals surface area (Å²) in [4.78, 5) is 13.5. The summed E-state index contributed by atoms with van der Waals surface area (Å²) in [5.74, 6) is -0.0335. The number of nitrogens with zero attached hydrogens (tertiary/aromatic N) is 1. The Morgan fingerprint density at radius 2 is 2.00 bits per heavy atom. The van der Waals surface area contributed by atoms with Gasteiger partial charge in [0.1, 0.15) is 4.90 Å². The first-order valence-corrected chi connectivity index (χ1v) is 8.59. The number of hydrogen-bond donors (Lipinski definition) is 2. The maximum absolute atomic E-state index is 12.1. The third-order valence-corrected chi connectivity index (χ3v) is 5.28. The first kappa shape index (κ1) is 16.1. The van der Waals surface area contributed by atoms with Gasteiger partial charge in [-0.05, 0) is 31.0 Å². The maximum atomic E-state index is 12.1. The lowest BCUT2D eigenvalue weighted by Gasteiger charge is -2.15.